The number of nitrogens with one attached hydrogen (secondary N) is 1. The van der Waals surface area contributed by atoms with Gasteiger partial charge in [-0.05, 0) is 38.3 Å². The third-order valence-corrected chi connectivity index (χ3v) is 3.36. The van der Waals surface area contributed by atoms with E-state index in [4.69, 9.17) is 4.74 Å². The van der Waals surface area contributed by atoms with E-state index in [1.165, 1.54) is 6.07 Å². The lowest BCUT2D eigenvalue weighted by Gasteiger charge is -2.21. The largest absolute Gasteiger partial charge is 0.378 e. The van der Waals surface area contributed by atoms with Gasteiger partial charge in [-0.25, -0.2) is 0 Å². The number of anilines is 1. The van der Waals surface area contributed by atoms with Crippen molar-refractivity contribution in [1.82, 2.24) is 0 Å². The van der Waals surface area contributed by atoms with Gasteiger partial charge in [-0.15, -0.1) is 0 Å². The number of rotatable bonds is 4. The number of nitrogens with zero attached hydrogens (tertiary/aromatic N) is 1. The van der Waals surface area contributed by atoms with Crippen LogP contribution >= 0.6 is 0 Å². The van der Waals surface area contributed by atoms with Crippen LogP contribution < -0.4 is 5.32 Å². The summed E-state index contributed by atoms with van der Waals surface area (Å²) in [4.78, 5) is 22.2. The van der Waals surface area contributed by atoms with E-state index in [0.717, 1.165) is 19.3 Å². The number of hydrogen-bond donors (Lipinski definition) is 1. The first-order valence-corrected chi connectivity index (χ1v) is 6.73. The molecule has 1 N–H and O–H groups in total. The molecule has 20 heavy (non-hydrogen) atoms. The van der Waals surface area contributed by atoms with Gasteiger partial charge in [0.15, 0.2) is 0 Å². The molecule has 0 unspecified atom stereocenters. The fourth-order valence-corrected chi connectivity index (χ4v) is 2.33. The predicted molar refractivity (Wildman–Crippen MR) is 74.7 cm³/mol. The van der Waals surface area contributed by atoms with Gasteiger partial charge in [0.1, 0.15) is 0 Å². The van der Waals surface area contributed by atoms with E-state index in [1.807, 2.05) is 0 Å². The molecule has 2 rings (SSSR count). The lowest BCUT2D eigenvalue weighted by Crippen LogP contribution is -2.25. The quantitative estimate of drug-likeness (QED) is 0.678. The number of carbonyl (C=O) groups is 1. The third-order valence-electron chi connectivity index (χ3n) is 3.36. The molecule has 0 bridgehead atoms. The summed E-state index contributed by atoms with van der Waals surface area (Å²) in [5.41, 5.74) is 1.16. The Hall–Kier alpha value is -1.95. The summed E-state index contributed by atoms with van der Waals surface area (Å²) in [6.07, 6.45) is 3.37. The van der Waals surface area contributed by atoms with Crippen LogP contribution in [0.4, 0.5) is 11.4 Å². The van der Waals surface area contributed by atoms with Crippen molar-refractivity contribution < 1.29 is 14.5 Å². The maximum atomic E-state index is 11.9. The van der Waals surface area contributed by atoms with E-state index in [0.29, 0.717) is 24.3 Å². The standard InChI is InChI=1S/C14H18N2O4/c1-10-8-11(5-6-13(10)16(18)19)15-14(17)9-12-4-2-3-7-20-12/h5-6,8,12H,2-4,7,9H2,1H3,(H,15,17)/t12-/m0/s1. The molecule has 1 aliphatic rings. The number of hydrogen-bond acceptors (Lipinski definition) is 4. The molecule has 1 atom stereocenters. The molecule has 108 valence electrons. The maximum Gasteiger partial charge on any atom is 0.272 e. The predicted octanol–water partition coefficient (Wildman–Crippen LogP) is 2.80. The van der Waals surface area contributed by atoms with Crippen LogP contribution in [-0.2, 0) is 9.53 Å². The van der Waals surface area contributed by atoms with Gasteiger partial charge >= 0.3 is 0 Å². The number of carbonyl (C=O) groups excluding carboxylic acids is 1. The molecule has 0 aromatic heterocycles. The minimum absolute atomic E-state index is 0.0112. The second kappa shape index (κ2) is 6.47. The second-order valence-corrected chi connectivity index (χ2v) is 5.00. The van der Waals surface area contributed by atoms with Crippen LogP contribution in [0.15, 0.2) is 18.2 Å². The Morgan fingerprint density at radius 2 is 2.30 bits per heavy atom. The van der Waals surface area contributed by atoms with Gasteiger partial charge in [0.05, 0.1) is 17.4 Å². The smallest absolute Gasteiger partial charge is 0.272 e. The Morgan fingerprint density at radius 3 is 2.90 bits per heavy atom. The molecule has 1 aromatic carbocycles. The Labute approximate surface area is 117 Å². The Morgan fingerprint density at radius 1 is 1.50 bits per heavy atom. The molecule has 1 aromatic rings. The first-order valence-electron chi connectivity index (χ1n) is 6.73. The number of ether oxygens (including phenoxy) is 1. The van der Waals surface area contributed by atoms with E-state index >= 15 is 0 Å². The monoisotopic (exact) mass is 278 g/mol. The summed E-state index contributed by atoms with van der Waals surface area (Å²) < 4.78 is 5.51. The van der Waals surface area contributed by atoms with Crippen LogP contribution in [-0.4, -0.2) is 23.5 Å². The fourth-order valence-electron chi connectivity index (χ4n) is 2.33. The number of nitro benzene ring substituents is 1. The van der Waals surface area contributed by atoms with E-state index in [9.17, 15) is 14.9 Å². The van der Waals surface area contributed by atoms with Crippen LogP contribution in [0.5, 0.6) is 0 Å². The minimum atomic E-state index is -0.434. The molecular weight excluding hydrogens is 260 g/mol. The molecule has 6 nitrogen and oxygen atoms in total. The van der Waals surface area contributed by atoms with Gasteiger partial charge < -0.3 is 10.1 Å². The van der Waals surface area contributed by atoms with Crippen LogP contribution in [0.2, 0.25) is 0 Å². The number of aryl methyl sites for hydroxylation is 1. The van der Waals surface area contributed by atoms with Crippen molar-refractivity contribution in [3.63, 3.8) is 0 Å². The first-order chi connectivity index (χ1) is 9.56. The molecule has 6 heteroatoms. The molecule has 1 heterocycles. The molecular formula is C14H18N2O4. The van der Waals surface area contributed by atoms with Gasteiger partial charge in [-0.2, -0.15) is 0 Å². The third kappa shape index (κ3) is 3.77. The molecule has 0 spiro atoms. The molecule has 0 saturated carbocycles. The van der Waals surface area contributed by atoms with E-state index in [2.05, 4.69) is 5.32 Å². The summed E-state index contributed by atoms with van der Waals surface area (Å²) in [7, 11) is 0. The molecule has 1 amide bonds. The number of amides is 1. The highest BCUT2D eigenvalue weighted by atomic mass is 16.6. The van der Waals surface area contributed by atoms with Crippen LogP contribution in [0, 0.1) is 17.0 Å². The summed E-state index contributed by atoms with van der Waals surface area (Å²) in [6.45, 7) is 2.37. The van der Waals surface area contributed by atoms with Crippen molar-refractivity contribution in [1.29, 1.82) is 0 Å². The highest BCUT2D eigenvalue weighted by molar-refractivity contribution is 5.91. The van der Waals surface area contributed by atoms with Crippen LogP contribution in [0.1, 0.15) is 31.2 Å². The topological polar surface area (TPSA) is 81.5 Å². The second-order valence-electron chi connectivity index (χ2n) is 5.00. The van der Waals surface area contributed by atoms with E-state index in [1.54, 1.807) is 19.1 Å². The van der Waals surface area contributed by atoms with Crippen molar-refractivity contribution in [2.24, 2.45) is 0 Å². The molecule has 0 aliphatic carbocycles. The zero-order valence-electron chi connectivity index (χ0n) is 11.4. The van der Waals surface area contributed by atoms with Gasteiger partial charge in [0, 0.05) is 23.9 Å². The fraction of sp³-hybridized carbons (Fsp3) is 0.500. The van der Waals surface area contributed by atoms with Crippen molar-refractivity contribution in [2.45, 2.75) is 38.7 Å². The normalized spacial score (nSPS) is 18.6. The summed E-state index contributed by atoms with van der Waals surface area (Å²) in [6, 6.07) is 4.56. The SMILES string of the molecule is Cc1cc(NC(=O)C[C@@H]2CCCCO2)ccc1[N+](=O)[O-]. The van der Waals surface area contributed by atoms with Crippen molar-refractivity contribution in [2.75, 3.05) is 11.9 Å². The molecule has 0 radical (unpaired) electrons. The molecule has 1 saturated heterocycles. The van der Waals surface area contributed by atoms with Crippen LogP contribution in [0.3, 0.4) is 0 Å². The van der Waals surface area contributed by atoms with Gasteiger partial charge in [-0.3, -0.25) is 14.9 Å². The summed E-state index contributed by atoms with van der Waals surface area (Å²) in [5, 5.41) is 13.5. The molecule has 1 fully saturated rings. The lowest BCUT2D eigenvalue weighted by molar-refractivity contribution is -0.385. The Kier molecular flexibility index (Phi) is 4.68. The van der Waals surface area contributed by atoms with Crippen LogP contribution in [0.25, 0.3) is 0 Å². The lowest BCUT2D eigenvalue weighted by atomic mass is 10.1. The highest BCUT2D eigenvalue weighted by Crippen LogP contribution is 2.22. The Bertz CT molecular complexity index is 510. The zero-order chi connectivity index (χ0) is 14.5. The average molecular weight is 278 g/mol. The molecule has 1 aliphatic heterocycles. The number of benzene rings is 1. The van der Waals surface area contributed by atoms with Crippen molar-refractivity contribution in [3.8, 4) is 0 Å². The van der Waals surface area contributed by atoms with Gasteiger partial charge in [0.25, 0.3) is 5.69 Å². The Balaban J connectivity index is 1.93. The van der Waals surface area contributed by atoms with E-state index in [-0.39, 0.29) is 17.7 Å². The van der Waals surface area contributed by atoms with Crippen molar-refractivity contribution in [3.05, 3.63) is 33.9 Å². The average Bonchev–Trinajstić information content (AvgIpc) is 2.39. The zero-order valence-corrected chi connectivity index (χ0v) is 11.4. The first kappa shape index (κ1) is 14.5. The van der Waals surface area contributed by atoms with Gasteiger partial charge in [-0.1, -0.05) is 0 Å². The number of nitro groups is 1. The summed E-state index contributed by atoms with van der Waals surface area (Å²) in [5.74, 6) is -0.120. The maximum absolute atomic E-state index is 11.9. The van der Waals surface area contributed by atoms with Gasteiger partial charge in [0.2, 0.25) is 5.91 Å². The summed E-state index contributed by atoms with van der Waals surface area (Å²) >= 11 is 0. The van der Waals surface area contributed by atoms with E-state index < -0.39 is 4.92 Å². The highest BCUT2D eigenvalue weighted by Gasteiger charge is 2.18. The van der Waals surface area contributed by atoms with Crippen molar-refractivity contribution >= 4 is 17.3 Å². The minimum Gasteiger partial charge on any atom is -0.378 e.